The van der Waals surface area contributed by atoms with E-state index < -0.39 is 0 Å². The predicted octanol–water partition coefficient (Wildman–Crippen LogP) is 2.50. The Morgan fingerprint density at radius 2 is 2.21 bits per heavy atom. The van der Waals surface area contributed by atoms with E-state index in [1.54, 1.807) is 4.52 Å². The van der Waals surface area contributed by atoms with Crippen LogP contribution in [-0.4, -0.2) is 43.2 Å². The van der Waals surface area contributed by atoms with Gasteiger partial charge >= 0.3 is 0 Å². The lowest BCUT2D eigenvalue weighted by molar-refractivity contribution is 0.631. The molecular weight excluding hydrogens is 282 g/mol. The fourth-order valence-corrected chi connectivity index (χ4v) is 3.52. The fraction of sp³-hybridized carbons (Fsp3) is 0.583. The Bertz CT molecular complexity index is 597. The van der Waals surface area contributed by atoms with Gasteiger partial charge in [0.15, 0.2) is 0 Å². The smallest absolute Gasteiger partial charge is 0.255 e. The van der Waals surface area contributed by atoms with Crippen LogP contribution in [0.15, 0.2) is 12.4 Å². The van der Waals surface area contributed by atoms with Gasteiger partial charge in [0.05, 0.1) is 0 Å². The van der Waals surface area contributed by atoms with E-state index in [0.717, 1.165) is 31.1 Å². The first-order valence-electron chi connectivity index (χ1n) is 6.30. The molecule has 1 aliphatic rings. The van der Waals surface area contributed by atoms with Crippen LogP contribution in [0.1, 0.15) is 20.3 Å². The molecule has 19 heavy (non-hydrogen) atoms. The van der Waals surface area contributed by atoms with Crippen LogP contribution in [0.3, 0.4) is 0 Å². The Morgan fingerprint density at radius 1 is 1.37 bits per heavy atom. The van der Waals surface area contributed by atoms with Crippen molar-refractivity contribution in [3.05, 3.63) is 17.5 Å². The minimum absolute atomic E-state index is 0.326. The minimum Gasteiger partial charge on any atom is -0.355 e. The molecule has 102 valence electrons. The number of rotatable bonds is 1. The molecule has 0 aliphatic carbocycles. The van der Waals surface area contributed by atoms with Crippen LogP contribution in [0, 0.1) is 0 Å². The van der Waals surface area contributed by atoms with E-state index in [2.05, 4.69) is 33.8 Å². The lowest BCUT2D eigenvalue weighted by atomic mass is 10.1. The van der Waals surface area contributed by atoms with E-state index in [9.17, 15) is 0 Å². The maximum atomic E-state index is 6.07. The molecule has 0 radical (unpaired) electrons. The molecule has 0 unspecified atom stereocenters. The molecule has 2 aromatic heterocycles. The largest absolute Gasteiger partial charge is 0.355 e. The Hall–Kier alpha value is -1.01. The van der Waals surface area contributed by atoms with Gasteiger partial charge in [-0.15, -0.1) is 0 Å². The summed E-state index contributed by atoms with van der Waals surface area (Å²) in [4.78, 5) is 10.6. The number of fused-ring (bicyclic) bond motifs is 1. The van der Waals surface area contributed by atoms with Crippen molar-refractivity contribution >= 4 is 35.0 Å². The molecule has 3 heterocycles. The maximum Gasteiger partial charge on any atom is 0.255 e. The number of aromatic nitrogens is 4. The Labute approximate surface area is 121 Å². The average molecular weight is 298 g/mol. The number of nitrogens with zero attached hydrogens (tertiary/aromatic N) is 5. The average Bonchev–Trinajstić information content (AvgIpc) is 2.72. The summed E-state index contributed by atoms with van der Waals surface area (Å²) in [5.74, 6) is 2.63. The van der Waals surface area contributed by atoms with E-state index in [1.807, 2.05) is 17.8 Å². The van der Waals surface area contributed by atoms with Crippen molar-refractivity contribution < 1.29 is 0 Å². The lowest BCUT2D eigenvalue weighted by Gasteiger charge is -2.24. The van der Waals surface area contributed by atoms with Gasteiger partial charge in [0, 0.05) is 29.7 Å². The zero-order valence-corrected chi connectivity index (χ0v) is 12.6. The SMILES string of the molecule is CC1(C)CCN(c2cc(Cl)nc3ncnn23)CCS1. The van der Waals surface area contributed by atoms with Gasteiger partial charge in [-0.25, -0.2) is 0 Å². The summed E-state index contributed by atoms with van der Waals surface area (Å²) in [7, 11) is 0. The van der Waals surface area contributed by atoms with Gasteiger partial charge in [-0.05, 0) is 6.42 Å². The van der Waals surface area contributed by atoms with Crippen LogP contribution in [0.4, 0.5) is 5.82 Å². The third-order valence-corrected chi connectivity index (χ3v) is 4.93. The molecule has 0 N–H and O–H groups in total. The van der Waals surface area contributed by atoms with Gasteiger partial charge in [0.25, 0.3) is 5.78 Å². The second-order valence-corrected chi connectivity index (χ2v) is 7.44. The fourth-order valence-electron chi connectivity index (χ4n) is 2.24. The van der Waals surface area contributed by atoms with Crippen LogP contribution in [0.25, 0.3) is 5.78 Å². The highest BCUT2D eigenvalue weighted by atomic mass is 35.5. The number of halogens is 1. The van der Waals surface area contributed by atoms with Crippen molar-refractivity contribution in [2.24, 2.45) is 0 Å². The van der Waals surface area contributed by atoms with Gasteiger partial charge in [0.1, 0.15) is 17.3 Å². The van der Waals surface area contributed by atoms with Crippen LogP contribution in [0.5, 0.6) is 0 Å². The summed E-state index contributed by atoms with van der Waals surface area (Å²) in [6.45, 7) is 6.58. The maximum absolute atomic E-state index is 6.07. The van der Waals surface area contributed by atoms with Crippen molar-refractivity contribution in [1.82, 2.24) is 19.6 Å². The van der Waals surface area contributed by atoms with E-state index in [4.69, 9.17) is 11.6 Å². The van der Waals surface area contributed by atoms with Gasteiger partial charge in [-0.2, -0.15) is 31.3 Å². The van der Waals surface area contributed by atoms with Crippen molar-refractivity contribution in [3.63, 3.8) is 0 Å². The third-order valence-electron chi connectivity index (χ3n) is 3.36. The third kappa shape index (κ3) is 2.65. The summed E-state index contributed by atoms with van der Waals surface area (Å²) in [5.41, 5.74) is 0. The molecule has 3 rings (SSSR count). The van der Waals surface area contributed by atoms with Gasteiger partial charge < -0.3 is 4.90 Å². The van der Waals surface area contributed by atoms with Crippen molar-refractivity contribution in [3.8, 4) is 0 Å². The zero-order chi connectivity index (χ0) is 13.5. The number of hydrogen-bond donors (Lipinski definition) is 0. The topological polar surface area (TPSA) is 46.3 Å². The minimum atomic E-state index is 0.326. The molecule has 0 spiro atoms. The Morgan fingerprint density at radius 3 is 3.05 bits per heavy atom. The Balaban J connectivity index is 1.97. The van der Waals surface area contributed by atoms with E-state index in [-0.39, 0.29) is 0 Å². The molecule has 0 bridgehead atoms. The summed E-state index contributed by atoms with van der Waals surface area (Å²) in [6, 6.07) is 1.87. The lowest BCUT2D eigenvalue weighted by Crippen LogP contribution is -2.29. The normalized spacial score (nSPS) is 19.6. The first-order chi connectivity index (χ1) is 9.05. The molecule has 5 nitrogen and oxygen atoms in total. The molecule has 1 saturated heterocycles. The van der Waals surface area contributed by atoms with Gasteiger partial charge in [-0.1, -0.05) is 25.4 Å². The molecule has 1 aliphatic heterocycles. The van der Waals surface area contributed by atoms with E-state index >= 15 is 0 Å². The highest BCUT2D eigenvalue weighted by molar-refractivity contribution is 8.00. The predicted molar refractivity (Wildman–Crippen MR) is 79.2 cm³/mol. The highest BCUT2D eigenvalue weighted by Crippen LogP contribution is 2.32. The first kappa shape index (κ1) is 13.0. The number of anilines is 1. The molecule has 0 aromatic carbocycles. The van der Waals surface area contributed by atoms with Crippen molar-refractivity contribution in [1.29, 1.82) is 0 Å². The standard InChI is InChI=1S/C12H16ClN5S/c1-12(2)3-4-17(5-6-19-12)10-7-9(13)16-11-14-8-15-18(10)11/h7-8H,3-6H2,1-2H3. The first-order valence-corrected chi connectivity index (χ1v) is 7.67. The molecule has 0 atom stereocenters. The van der Waals surface area contributed by atoms with Crippen LogP contribution in [0.2, 0.25) is 5.15 Å². The van der Waals surface area contributed by atoms with E-state index in [1.165, 1.54) is 6.33 Å². The molecule has 0 amide bonds. The molecule has 7 heteroatoms. The second kappa shape index (κ2) is 4.83. The molecule has 0 saturated carbocycles. The second-order valence-electron chi connectivity index (χ2n) is 5.25. The van der Waals surface area contributed by atoms with Crippen LogP contribution >= 0.6 is 23.4 Å². The zero-order valence-electron chi connectivity index (χ0n) is 11.0. The summed E-state index contributed by atoms with van der Waals surface area (Å²) < 4.78 is 2.09. The van der Waals surface area contributed by atoms with Crippen molar-refractivity contribution in [2.75, 3.05) is 23.7 Å². The summed E-state index contributed by atoms with van der Waals surface area (Å²) >= 11 is 8.09. The number of hydrogen-bond acceptors (Lipinski definition) is 5. The Kier molecular flexibility index (Phi) is 3.30. The van der Waals surface area contributed by atoms with Crippen LogP contribution < -0.4 is 4.90 Å². The number of thioether (sulfide) groups is 1. The monoisotopic (exact) mass is 297 g/mol. The van der Waals surface area contributed by atoms with Gasteiger partial charge in [0.2, 0.25) is 0 Å². The van der Waals surface area contributed by atoms with Gasteiger partial charge in [-0.3, -0.25) is 0 Å². The summed E-state index contributed by atoms with van der Waals surface area (Å²) in [6.07, 6.45) is 2.65. The van der Waals surface area contributed by atoms with Crippen LogP contribution in [-0.2, 0) is 0 Å². The molecule has 1 fully saturated rings. The van der Waals surface area contributed by atoms with E-state index in [0.29, 0.717) is 15.7 Å². The molecular formula is C12H16ClN5S. The molecule has 2 aromatic rings. The summed E-state index contributed by atoms with van der Waals surface area (Å²) in [5, 5.41) is 4.70. The highest BCUT2D eigenvalue weighted by Gasteiger charge is 2.25. The quantitative estimate of drug-likeness (QED) is 0.757. The van der Waals surface area contributed by atoms with Crippen molar-refractivity contribution in [2.45, 2.75) is 25.0 Å².